The molecule has 2 aromatic rings. The normalized spacial score (nSPS) is 13.8. The van der Waals surface area contributed by atoms with E-state index in [1.807, 2.05) is 0 Å². The molecule has 16 heteroatoms. The molecule has 0 fully saturated rings. The standard InChI is InChI=1S/C10H8O12S4/c11-23(12,13)5-3-6-7(24(14,15)16)1-2-8(25(17,18)19)10(6)9(4-5)26(20,21)22/h1-4H,(H,11,12,13)(H,14,15,16)(H,17,18,19)(H,20,21,22). The van der Waals surface area contributed by atoms with Gasteiger partial charge in [-0.2, -0.15) is 33.7 Å². The van der Waals surface area contributed by atoms with E-state index in [0.29, 0.717) is 18.2 Å². The summed E-state index contributed by atoms with van der Waals surface area (Å²) in [6, 6.07) is 1.36. The molecule has 0 radical (unpaired) electrons. The largest absolute Gasteiger partial charge is 0.295 e. The van der Waals surface area contributed by atoms with Crippen molar-refractivity contribution in [2.75, 3.05) is 0 Å². The lowest BCUT2D eigenvalue weighted by atomic mass is 10.1. The summed E-state index contributed by atoms with van der Waals surface area (Å²) in [5, 5.41) is -2.12. The zero-order valence-corrected chi connectivity index (χ0v) is 15.3. The lowest BCUT2D eigenvalue weighted by Gasteiger charge is -2.12. The Morgan fingerprint density at radius 3 is 1.35 bits per heavy atom. The Morgan fingerprint density at radius 1 is 0.538 bits per heavy atom. The van der Waals surface area contributed by atoms with Gasteiger partial charge in [-0.25, -0.2) is 0 Å². The molecule has 0 aliphatic carbocycles. The van der Waals surface area contributed by atoms with Crippen LogP contribution >= 0.6 is 0 Å². The Morgan fingerprint density at radius 2 is 0.962 bits per heavy atom. The smallest absolute Gasteiger partial charge is 0.282 e. The average molecular weight is 448 g/mol. The van der Waals surface area contributed by atoms with Crippen molar-refractivity contribution in [1.29, 1.82) is 0 Å². The van der Waals surface area contributed by atoms with E-state index in [4.69, 9.17) is 4.55 Å². The zero-order valence-electron chi connectivity index (χ0n) is 12.0. The molecule has 2 aromatic carbocycles. The van der Waals surface area contributed by atoms with Crippen molar-refractivity contribution < 1.29 is 51.9 Å². The molecule has 0 bridgehead atoms. The SMILES string of the molecule is O=S(=O)(O)c1cc(S(=O)(=O)O)c2c(S(=O)(=O)O)ccc(S(=O)(=O)O)c2c1. The first-order chi connectivity index (χ1) is 11.4. The number of hydrogen-bond donors (Lipinski definition) is 4. The van der Waals surface area contributed by atoms with Crippen LogP contribution in [0.1, 0.15) is 0 Å². The van der Waals surface area contributed by atoms with Gasteiger partial charge in [-0.05, 0) is 24.3 Å². The molecule has 144 valence electrons. The lowest BCUT2D eigenvalue weighted by Crippen LogP contribution is -2.10. The highest BCUT2D eigenvalue weighted by molar-refractivity contribution is 7.87. The molecule has 26 heavy (non-hydrogen) atoms. The van der Waals surface area contributed by atoms with Crippen molar-refractivity contribution in [2.24, 2.45) is 0 Å². The van der Waals surface area contributed by atoms with Crippen molar-refractivity contribution in [1.82, 2.24) is 0 Å². The van der Waals surface area contributed by atoms with Crippen molar-refractivity contribution in [2.45, 2.75) is 19.6 Å². The first kappa shape index (κ1) is 20.6. The maximum absolute atomic E-state index is 11.6. The molecule has 0 spiro atoms. The zero-order chi connectivity index (χ0) is 20.3. The van der Waals surface area contributed by atoms with Crippen LogP contribution in [0.2, 0.25) is 0 Å². The van der Waals surface area contributed by atoms with Crippen LogP contribution in [0.3, 0.4) is 0 Å². The maximum atomic E-state index is 11.6. The fourth-order valence-corrected chi connectivity index (χ4v) is 4.98. The molecule has 0 saturated heterocycles. The molecule has 0 saturated carbocycles. The van der Waals surface area contributed by atoms with Crippen LogP contribution in [0.5, 0.6) is 0 Å². The van der Waals surface area contributed by atoms with Crippen LogP contribution in [0.4, 0.5) is 0 Å². The van der Waals surface area contributed by atoms with E-state index < -0.39 is 70.8 Å². The monoisotopic (exact) mass is 448 g/mol. The van der Waals surface area contributed by atoms with Crippen LogP contribution in [0.15, 0.2) is 43.8 Å². The molecule has 4 N–H and O–H groups in total. The quantitative estimate of drug-likeness (QED) is 0.448. The van der Waals surface area contributed by atoms with Gasteiger partial charge >= 0.3 is 0 Å². The maximum Gasteiger partial charge on any atom is 0.295 e. The number of hydrogen-bond acceptors (Lipinski definition) is 8. The van der Waals surface area contributed by atoms with Crippen molar-refractivity contribution in [3.05, 3.63) is 24.3 Å². The molecular formula is C10H8O12S4. The summed E-state index contributed by atoms with van der Waals surface area (Å²) in [5.74, 6) is 0. The fourth-order valence-electron chi connectivity index (χ4n) is 2.16. The number of benzene rings is 2. The Balaban J connectivity index is 3.39. The van der Waals surface area contributed by atoms with Crippen molar-refractivity contribution in [3.63, 3.8) is 0 Å². The highest BCUT2D eigenvalue weighted by atomic mass is 32.2. The molecule has 0 unspecified atom stereocenters. The minimum atomic E-state index is -5.38. The summed E-state index contributed by atoms with van der Waals surface area (Å²) in [6.07, 6.45) is 0. The second kappa shape index (κ2) is 5.92. The first-order valence-corrected chi connectivity index (χ1v) is 11.7. The lowest BCUT2D eigenvalue weighted by molar-refractivity contribution is 0.477. The summed E-state index contributed by atoms with van der Waals surface area (Å²) in [5.41, 5.74) is 0. The fraction of sp³-hybridized carbons (Fsp3) is 0. The molecular weight excluding hydrogens is 440 g/mol. The van der Waals surface area contributed by atoms with Crippen molar-refractivity contribution >= 4 is 51.2 Å². The summed E-state index contributed by atoms with van der Waals surface area (Å²) in [7, 11) is -20.9. The molecule has 0 aromatic heterocycles. The van der Waals surface area contributed by atoms with E-state index in [0.717, 1.165) is 0 Å². The van der Waals surface area contributed by atoms with E-state index in [-0.39, 0.29) is 6.07 Å². The molecule has 12 nitrogen and oxygen atoms in total. The molecule has 0 amide bonds. The number of fused-ring (bicyclic) bond motifs is 1. The van der Waals surface area contributed by atoms with Gasteiger partial charge in [0.05, 0.1) is 4.90 Å². The van der Waals surface area contributed by atoms with Crippen LogP contribution in [0.25, 0.3) is 10.8 Å². The van der Waals surface area contributed by atoms with Gasteiger partial charge in [0.1, 0.15) is 14.7 Å². The Hall–Kier alpha value is -1.66. The van der Waals surface area contributed by atoms with Crippen LogP contribution in [-0.4, -0.2) is 51.9 Å². The van der Waals surface area contributed by atoms with Gasteiger partial charge in [0.15, 0.2) is 0 Å². The van der Waals surface area contributed by atoms with Gasteiger partial charge in [0, 0.05) is 10.8 Å². The second-order valence-corrected chi connectivity index (χ2v) is 10.4. The van der Waals surface area contributed by atoms with Crippen LogP contribution < -0.4 is 0 Å². The second-order valence-electron chi connectivity index (χ2n) is 4.81. The summed E-state index contributed by atoms with van der Waals surface area (Å²) in [6.45, 7) is 0. The highest BCUT2D eigenvalue weighted by Crippen LogP contribution is 2.36. The minimum Gasteiger partial charge on any atom is -0.282 e. The highest BCUT2D eigenvalue weighted by Gasteiger charge is 2.29. The van der Waals surface area contributed by atoms with E-state index >= 15 is 0 Å². The predicted octanol–water partition coefficient (Wildman–Crippen LogP) is -0.173. The van der Waals surface area contributed by atoms with E-state index in [9.17, 15) is 47.3 Å². The van der Waals surface area contributed by atoms with E-state index in [1.165, 1.54) is 0 Å². The van der Waals surface area contributed by atoms with Gasteiger partial charge < -0.3 is 0 Å². The summed E-state index contributed by atoms with van der Waals surface area (Å²) < 4.78 is 128. The molecule has 2 rings (SSSR count). The Kier molecular flexibility index (Phi) is 4.71. The van der Waals surface area contributed by atoms with Crippen LogP contribution in [0, 0.1) is 0 Å². The first-order valence-electron chi connectivity index (χ1n) is 5.95. The van der Waals surface area contributed by atoms with Gasteiger partial charge in [0.2, 0.25) is 0 Å². The molecule has 0 aliphatic heterocycles. The van der Waals surface area contributed by atoms with Gasteiger partial charge in [-0.3, -0.25) is 18.2 Å². The van der Waals surface area contributed by atoms with Crippen LogP contribution in [-0.2, 0) is 40.5 Å². The van der Waals surface area contributed by atoms with E-state index in [1.54, 1.807) is 0 Å². The summed E-state index contributed by atoms with van der Waals surface area (Å²) >= 11 is 0. The van der Waals surface area contributed by atoms with Gasteiger partial charge in [-0.15, -0.1) is 0 Å². The summed E-state index contributed by atoms with van der Waals surface area (Å²) in [4.78, 5) is -5.01. The predicted molar refractivity (Wildman–Crippen MR) is 83.2 cm³/mol. The van der Waals surface area contributed by atoms with Crippen molar-refractivity contribution in [3.8, 4) is 0 Å². The number of rotatable bonds is 4. The Bertz CT molecular complexity index is 1350. The van der Waals surface area contributed by atoms with Gasteiger partial charge in [-0.1, -0.05) is 0 Å². The topological polar surface area (TPSA) is 217 Å². The van der Waals surface area contributed by atoms with E-state index in [2.05, 4.69) is 0 Å². The third-order valence-corrected chi connectivity index (χ3v) is 6.62. The average Bonchev–Trinajstić information content (AvgIpc) is 2.40. The third-order valence-electron chi connectivity index (χ3n) is 3.11. The molecule has 0 heterocycles. The van der Waals surface area contributed by atoms with Gasteiger partial charge in [0.25, 0.3) is 40.5 Å². The minimum absolute atomic E-state index is 0.148. The molecule has 0 aliphatic rings. The molecule has 0 atom stereocenters. The Labute approximate surface area is 147 Å². The third kappa shape index (κ3) is 3.86.